The Bertz CT molecular complexity index is 1500. The summed E-state index contributed by atoms with van der Waals surface area (Å²) in [6.45, 7) is 8.18. The third-order valence-corrected chi connectivity index (χ3v) is 7.98. The highest BCUT2D eigenvalue weighted by atomic mass is 16.5. The number of hydrogen-bond donors (Lipinski definition) is 1. The van der Waals surface area contributed by atoms with Gasteiger partial charge in [-0.25, -0.2) is 0 Å². The van der Waals surface area contributed by atoms with E-state index in [1.807, 2.05) is 66.7 Å². The fraction of sp³-hybridized carbons (Fsp3) is 0.262. The summed E-state index contributed by atoms with van der Waals surface area (Å²) in [6, 6.07) is 52.1. The van der Waals surface area contributed by atoms with E-state index >= 15 is 0 Å². The SMILES string of the molecule is COC(=O)C[C@@H](C)N(Cc1ccccc1)[C@H](C)c1ccccc1.COc1ccccc1.C[C@@H](NCc1ccccc1)c1ccccc1. The first-order chi connectivity index (χ1) is 22.9. The van der Waals surface area contributed by atoms with E-state index in [2.05, 4.69) is 116 Å². The molecule has 0 heterocycles. The van der Waals surface area contributed by atoms with Gasteiger partial charge in [0.1, 0.15) is 5.75 Å². The lowest BCUT2D eigenvalue weighted by atomic mass is 10.0. The first kappa shape index (κ1) is 36.8. The maximum Gasteiger partial charge on any atom is 0.307 e. The molecule has 0 saturated heterocycles. The molecule has 0 spiro atoms. The lowest BCUT2D eigenvalue weighted by Gasteiger charge is -2.34. The summed E-state index contributed by atoms with van der Waals surface area (Å²) in [5.41, 5.74) is 5.15. The average Bonchev–Trinajstić information content (AvgIpc) is 3.15. The zero-order chi connectivity index (χ0) is 33.7. The summed E-state index contributed by atoms with van der Waals surface area (Å²) in [5, 5.41) is 3.52. The van der Waals surface area contributed by atoms with Crippen LogP contribution in [-0.2, 0) is 22.6 Å². The Morgan fingerprint density at radius 2 is 1.06 bits per heavy atom. The fourth-order valence-electron chi connectivity index (χ4n) is 5.12. The summed E-state index contributed by atoms with van der Waals surface area (Å²) in [4.78, 5) is 14.0. The van der Waals surface area contributed by atoms with Crippen molar-refractivity contribution in [1.82, 2.24) is 10.2 Å². The van der Waals surface area contributed by atoms with Crippen LogP contribution in [0, 0.1) is 0 Å². The second-order valence-electron chi connectivity index (χ2n) is 11.4. The molecule has 0 amide bonds. The number of ether oxygens (including phenoxy) is 2. The smallest absolute Gasteiger partial charge is 0.307 e. The highest BCUT2D eigenvalue weighted by Crippen LogP contribution is 2.26. The third kappa shape index (κ3) is 13.7. The van der Waals surface area contributed by atoms with Crippen molar-refractivity contribution in [2.45, 2.75) is 58.4 Å². The van der Waals surface area contributed by atoms with Crippen molar-refractivity contribution >= 4 is 5.97 Å². The number of carbonyl (C=O) groups excluding carboxylic acids is 1. The normalized spacial score (nSPS) is 12.3. The van der Waals surface area contributed by atoms with Crippen molar-refractivity contribution in [2.24, 2.45) is 0 Å². The predicted molar refractivity (Wildman–Crippen MR) is 194 cm³/mol. The summed E-state index contributed by atoms with van der Waals surface area (Å²) < 4.78 is 9.76. The van der Waals surface area contributed by atoms with Crippen molar-refractivity contribution in [1.29, 1.82) is 0 Å². The summed E-state index contributed by atoms with van der Waals surface area (Å²) in [5.74, 6) is 0.739. The molecule has 5 nitrogen and oxygen atoms in total. The van der Waals surface area contributed by atoms with Crippen molar-refractivity contribution in [2.75, 3.05) is 14.2 Å². The van der Waals surface area contributed by atoms with Crippen molar-refractivity contribution in [3.63, 3.8) is 0 Å². The van der Waals surface area contributed by atoms with Gasteiger partial charge in [0, 0.05) is 31.2 Å². The number of para-hydroxylation sites is 1. The fourth-order valence-corrected chi connectivity index (χ4v) is 5.12. The lowest BCUT2D eigenvalue weighted by molar-refractivity contribution is -0.142. The molecule has 0 saturated carbocycles. The van der Waals surface area contributed by atoms with Crippen molar-refractivity contribution in [3.8, 4) is 5.75 Å². The summed E-state index contributed by atoms with van der Waals surface area (Å²) >= 11 is 0. The van der Waals surface area contributed by atoms with Crippen LogP contribution in [-0.4, -0.2) is 31.1 Å². The van der Waals surface area contributed by atoms with Gasteiger partial charge in [0.15, 0.2) is 0 Å². The second-order valence-corrected chi connectivity index (χ2v) is 11.4. The van der Waals surface area contributed by atoms with Gasteiger partial charge in [-0.3, -0.25) is 9.69 Å². The molecule has 47 heavy (non-hydrogen) atoms. The van der Waals surface area contributed by atoms with Crippen LogP contribution in [0.2, 0.25) is 0 Å². The molecule has 3 atom stereocenters. The van der Waals surface area contributed by atoms with Gasteiger partial charge in [-0.2, -0.15) is 0 Å². The minimum Gasteiger partial charge on any atom is -0.497 e. The topological polar surface area (TPSA) is 50.8 Å². The minimum atomic E-state index is -0.171. The number of benzene rings is 5. The number of rotatable bonds is 12. The highest BCUT2D eigenvalue weighted by Gasteiger charge is 2.24. The molecule has 0 radical (unpaired) electrons. The molecule has 5 rings (SSSR count). The van der Waals surface area contributed by atoms with E-state index in [-0.39, 0.29) is 18.1 Å². The molecule has 0 bridgehead atoms. The molecule has 0 aliphatic heterocycles. The molecule has 246 valence electrons. The number of methoxy groups -OCH3 is 2. The molecule has 0 aliphatic rings. The Hall–Kier alpha value is -4.71. The van der Waals surface area contributed by atoms with Crippen LogP contribution < -0.4 is 10.1 Å². The Kier molecular flexibility index (Phi) is 16.5. The van der Waals surface area contributed by atoms with E-state index in [0.29, 0.717) is 12.5 Å². The lowest BCUT2D eigenvalue weighted by Crippen LogP contribution is -2.36. The zero-order valence-corrected chi connectivity index (χ0v) is 28.5. The molecular formula is C42H50N2O3. The first-order valence-electron chi connectivity index (χ1n) is 16.2. The van der Waals surface area contributed by atoms with Gasteiger partial charge in [0.2, 0.25) is 0 Å². The van der Waals surface area contributed by atoms with E-state index in [1.165, 1.54) is 29.4 Å². The van der Waals surface area contributed by atoms with Gasteiger partial charge in [-0.05, 0) is 55.2 Å². The van der Waals surface area contributed by atoms with E-state index in [4.69, 9.17) is 9.47 Å². The van der Waals surface area contributed by atoms with Crippen LogP contribution >= 0.6 is 0 Å². The Balaban J connectivity index is 0.000000215. The Morgan fingerprint density at radius 3 is 1.53 bits per heavy atom. The number of nitrogens with zero attached hydrogens (tertiary/aromatic N) is 1. The monoisotopic (exact) mass is 630 g/mol. The molecule has 5 heteroatoms. The molecule has 0 aromatic heterocycles. The molecule has 0 fully saturated rings. The van der Waals surface area contributed by atoms with Gasteiger partial charge in [-0.15, -0.1) is 0 Å². The van der Waals surface area contributed by atoms with Crippen molar-refractivity contribution < 1.29 is 14.3 Å². The minimum absolute atomic E-state index is 0.0952. The number of carbonyl (C=O) groups is 1. The van der Waals surface area contributed by atoms with E-state index < -0.39 is 0 Å². The number of nitrogens with one attached hydrogen (secondary N) is 1. The molecular weight excluding hydrogens is 580 g/mol. The second kappa shape index (κ2) is 21.2. The average molecular weight is 631 g/mol. The van der Waals surface area contributed by atoms with Crippen molar-refractivity contribution in [3.05, 3.63) is 174 Å². The van der Waals surface area contributed by atoms with E-state index in [1.54, 1.807) is 7.11 Å². The maximum absolute atomic E-state index is 11.7. The maximum atomic E-state index is 11.7. The van der Waals surface area contributed by atoms with Crippen LogP contribution in [0.5, 0.6) is 5.75 Å². The van der Waals surface area contributed by atoms with Gasteiger partial charge in [0.05, 0.1) is 20.6 Å². The summed E-state index contributed by atoms with van der Waals surface area (Å²) in [6.07, 6.45) is 0.389. The quantitative estimate of drug-likeness (QED) is 0.139. The van der Waals surface area contributed by atoms with Crippen LogP contribution in [0.15, 0.2) is 152 Å². The standard InChI is InChI=1S/C20H25NO2.C15H17N.C7H8O/c1-16(14-20(22)23-3)21(15-18-10-6-4-7-11-18)17(2)19-12-8-5-9-13-19;1-13(15-10-6-3-7-11-15)16-12-14-8-4-2-5-9-14;1-8-7-5-3-2-4-6-7/h4-13,16-17H,14-15H2,1-3H3;2-11,13,16H,12H2,1H3;2-6H,1H3/t16-,17-;13-;/m11./s1. The van der Waals surface area contributed by atoms with Crippen LogP contribution in [0.4, 0.5) is 0 Å². The zero-order valence-electron chi connectivity index (χ0n) is 28.5. The molecule has 5 aromatic carbocycles. The van der Waals surface area contributed by atoms with Gasteiger partial charge < -0.3 is 14.8 Å². The van der Waals surface area contributed by atoms with Crippen LogP contribution in [0.1, 0.15) is 61.5 Å². The Labute approximate surface area is 282 Å². The molecule has 1 N–H and O–H groups in total. The van der Waals surface area contributed by atoms with Gasteiger partial charge in [0.25, 0.3) is 0 Å². The largest absolute Gasteiger partial charge is 0.497 e. The highest BCUT2D eigenvalue weighted by molar-refractivity contribution is 5.69. The molecule has 5 aromatic rings. The Morgan fingerprint density at radius 1 is 0.617 bits per heavy atom. The van der Waals surface area contributed by atoms with E-state index in [9.17, 15) is 4.79 Å². The number of hydrogen-bond acceptors (Lipinski definition) is 5. The van der Waals surface area contributed by atoms with Gasteiger partial charge in [-0.1, -0.05) is 140 Å². The van der Waals surface area contributed by atoms with Crippen LogP contribution in [0.25, 0.3) is 0 Å². The molecule has 0 unspecified atom stereocenters. The summed E-state index contributed by atoms with van der Waals surface area (Å²) in [7, 11) is 3.10. The third-order valence-electron chi connectivity index (χ3n) is 7.98. The predicted octanol–water partition coefficient (Wildman–Crippen LogP) is 9.43. The van der Waals surface area contributed by atoms with Crippen LogP contribution in [0.3, 0.4) is 0 Å². The number of esters is 1. The van der Waals surface area contributed by atoms with E-state index in [0.717, 1.165) is 18.8 Å². The first-order valence-corrected chi connectivity index (χ1v) is 16.2. The van der Waals surface area contributed by atoms with Gasteiger partial charge >= 0.3 is 5.97 Å². The molecule has 0 aliphatic carbocycles.